The molecule has 0 unspecified atom stereocenters. The van der Waals surface area contributed by atoms with Crippen LogP contribution in [0, 0.1) is 6.92 Å². The van der Waals surface area contributed by atoms with Crippen molar-refractivity contribution >= 4 is 35.0 Å². The van der Waals surface area contributed by atoms with Gasteiger partial charge in [-0.2, -0.15) is 0 Å². The highest BCUT2D eigenvalue weighted by Crippen LogP contribution is 2.32. The summed E-state index contributed by atoms with van der Waals surface area (Å²) in [5.74, 6) is 0.486. The van der Waals surface area contributed by atoms with Gasteiger partial charge in [0.1, 0.15) is 6.54 Å². The fourth-order valence-corrected chi connectivity index (χ4v) is 5.17. The van der Waals surface area contributed by atoms with Gasteiger partial charge in [0.25, 0.3) is 0 Å². The molecule has 188 valence electrons. The number of anilines is 2. The number of unbranched alkanes of at least 4 members (excludes halogenated alkanes) is 1. The van der Waals surface area contributed by atoms with E-state index in [0.717, 1.165) is 36.3 Å². The first-order valence-electron chi connectivity index (χ1n) is 12.5. The number of nitrogens with zero attached hydrogens (tertiary/aromatic N) is 4. The Balaban J connectivity index is 1.43. The SMILES string of the molecule is CCCCc1ccc(-n2c(SCC(=O)N3CC(=O)Nc4ccccc43)nnc2-c2ccc(C)cc2)cc1. The Morgan fingerprint density at radius 2 is 1.76 bits per heavy atom. The van der Waals surface area contributed by atoms with Gasteiger partial charge in [-0.05, 0) is 49.6 Å². The van der Waals surface area contributed by atoms with Crippen LogP contribution < -0.4 is 10.2 Å². The molecule has 8 heteroatoms. The van der Waals surface area contributed by atoms with E-state index in [4.69, 9.17) is 0 Å². The maximum absolute atomic E-state index is 13.3. The Labute approximate surface area is 220 Å². The predicted molar refractivity (Wildman–Crippen MR) is 148 cm³/mol. The molecule has 3 aromatic carbocycles. The quantitative estimate of drug-likeness (QED) is 0.309. The maximum atomic E-state index is 13.3. The molecule has 1 N–H and O–H groups in total. The second kappa shape index (κ2) is 11.0. The molecule has 2 heterocycles. The van der Waals surface area contributed by atoms with Crippen molar-refractivity contribution in [3.8, 4) is 17.1 Å². The van der Waals surface area contributed by atoms with Gasteiger partial charge in [-0.3, -0.25) is 14.2 Å². The van der Waals surface area contributed by atoms with E-state index >= 15 is 0 Å². The number of aromatic nitrogens is 3. The van der Waals surface area contributed by atoms with Gasteiger partial charge in [0.05, 0.1) is 17.1 Å². The maximum Gasteiger partial charge on any atom is 0.244 e. The Morgan fingerprint density at radius 3 is 2.51 bits per heavy atom. The standard InChI is InChI=1S/C29H29N5O2S/c1-3-4-7-21-12-16-23(17-13-21)34-28(22-14-10-20(2)11-15-22)31-32-29(34)37-19-27(36)33-18-26(35)30-24-8-5-6-9-25(24)33/h5-6,8-17H,3-4,7,18-19H2,1-2H3,(H,30,35). The van der Waals surface area contributed by atoms with E-state index < -0.39 is 0 Å². The van der Waals surface area contributed by atoms with E-state index in [9.17, 15) is 9.59 Å². The highest BCUT2D eigenvalue weighted by Gasteiger charge is 2.27. The largest absolute Gasteiger partial charge is 0.323 e. The van der Waals surface area contributed by atoms with Crippen molar-refractivity contribution in [3.63, 3.8) is 0 Å². The van der Waals surface area contributed by atoms with Gasteiger partial charge in [0.2, 0.25) is 11.8 Å². The minimum Gasteiger partial charge on any atom is -0.323 e. The molecule has 0 radical (unpaired) electrons. The molecule has 0 fully saturated rings. The second-order valence-electron chi connectivity index (χ2n) is 9.11. The fourth-order valence-electron chi connectivity index (χ4n) is 4.34. The van der Waals surface area contributed by atoms with Gasteiger partial charge in [0.15, 0.2) is 11.0 Å². The van der Waals surface area contributed by atoms with Crippen LogP contribution in [0.5, 0.6) is 0 Å². The molecule has 1 aromatic heterocycles. The predicted octanol–water partition coefficient (Wildman–Crippen LogP) is 5.66. The zero-order valence-corrected chi connectivity index (χ0v) is 21.8. The number of fused-ring (bicyclic) bond motifs is 1. The number of hydrogen-bond acceptors (Lipinski definition) is 5. The third-order valence-electron chi connectivity index (χ3n) is 6.35. The smallest absolute Gasteiger partial charge is 0.244 e. The van der Waals surface area contributed by atoms with Crippen LogP contribution in [0.15, 0.2) is 78.0 Å². The highest BCUT2D eigenvalue weighted by molar-refractivity contribution is 7.99. The average molecular weight is 512 g/mol. The number of rotatable bonds is 8. The lowest BCUT2D eigenvalue weighted by Gasteiger charge is -2.29. The van der Waals surface area contributed by atoms with E-state index in [-0.39, 0.29) is 24.1 Å². The molecule has 4 aromatic rings. The highest BCUT2D eigenvalue weighted by atomic mass is 32.2. The number of hydrogen-bond donors (Lipinski definition) is 1. The van der Waals surface area contributed by atoms with Crippen LogP contribution in [0.25, 0.3) is 17.1 Å². The molecule has 0 saturated carbocycles. The summed E-state index contributed by atoms with van der Waals surface area (Å²) in [6.45, 7) is 4.24. The van der Waals surface area contributed by atoms with Crippen molar-refractivity contribution in [2.45, 2.75) is 38.3 Å². The van der Waals surface area contributed by atoms with Gasteiger partial charge in [-0.15, -0.1) is 10.2 Å². The topological polar surface area (TPSA) is 80.1 Å². The van der Waals surface area contributed by atoms with E-state index in [2.05, 4.69) is 65.8 Å². The molecule has 5 rings (SSSR count). The number of carbonyl (C=O) groups is 2. The zero-order chi connectivity index (χ0) is 25.8. The second-order valence-corrected chi connectivity index (χ2v) is 10.1. The average Bonchev–Trinajstić information content (AvgIpc) is 3.34. The van der Waals surface area contributed by atoms with E-state index in [1.54, 1.807) is 6.07 Å². The lowest BCUT2D eigenvalue weighted by Crippen LogP contribution is -2.43. The van der Waals surface area contributed by atoms with Gasteiger partial charge < -0.3 is 10.2 Å². The molecule has 0 bridgehead atoms. The number of thioether (sulfide) groups is 1. The van der Waals surface area contributed by atoms with Crippen molar-refractivity contribution in [1.29, 1.82) is 0 Å². The van der Waals surface area contributed by atoms with Crippen molar-refractivity contribution < 1.29 is 9.59 Å². The number of benzene rings is 3. The number of carbonyl (C=O) groups excluding carboxylic acids is 2. The fraction of sp³-hybridized carbons (Fsp3) is 0.241. The van der Waals surface area contributed by atoms with Crippen molar-refractivity contribution in [1.82, 2.24) is 14.8 Å². The van der Waals surface area contributed by atoms with Gasteiger partial charge in [-0.25, -0.2) is 0 Å². The Bertz CT molecular complexity index is 1410. The lowest BCUT2D eigenvalue weighted by molar-refractivity contribution is -0.120. The summed E-state index contributed by atoms with van der Waals surface area (Å²) in [6.07, 6.45) is 3.36. The van der Waals surface area contributed by atoms with Crippen LogP contribution >= 0.6 is 11.8 Å². The molecule has 0 atom stereocenters. The number of aryl methyl sites for hydroxylation is 2. The van der Waals surface area contributed by atoms with E-state index in [1.807, 2.05) is 34.9 Å². The van der Waals surface area contributed by atoms with Crippen molar-refractivity contribution in [2.75, 3.05) is 22.5 Å². The van der Waals surface area contributed by atoms with Crippen LogP contribution in [-0.2, 0) is 16.0 Å². The summed E-state index contributed by atoms with van der Waals surface area (Å²) in [6, 6.07) is 24.0. The Hall–Kier alpha value is -3.91. The molecule has 2 amide bonds. The first kappa shape index (κ1) is 24.8. The molecular weight excluding hydrogens is 482 g/mol. The molecule has 0 aliphatic carbocycles. The molecule has 7 nitrogen and oxygen atoms in total. The third kappa shape index (κ3) is 5.44. The summed E-state index contributed by atoms with van der Waals surface area (Å²) >= 11 is 1.32. The van der Waals surface area contributed by atoms with Gasteiger partial charge in [0, 0.05) is 11.3 Å². The number of para-hydroxylation sites is 2. The first-order valence-corrected chi connectivity index (χ1v) is 13.5. The van der Waals surface area contributed by atoms with Crippen LogP contribution in [0.4, 0.5) is 11.4 Å². The van der Waals surface area contributed by atoms with Crippen molar-refractivity contribution in [2.24, 2.45) is 0 Å². The summed E-state index contributed by atoms with van der Waals surface area (Å²) in [4.78, 5) is 27.0. The summed E-state index contributed by atoms with van der Waals surface area (Å²) in [7, 11) is 0. The van der Waals surface area contributed by atoms with Crippen LogP contribution in [-0.4, -0.2) is 38.9 Å². The van der Waals surface area contributed by atoms with E-state index in [0.29, 0.717) is 16.5 Å². The Kier molecular flexibility index (Phi) is 7.37. The number of amides is 2. The van der Waals surface area contributed by atoms with Crippen LogP contribution in [0.1, 0.15) is 30.9 Å². The van der Waals surface area contributed by atoms with Gasteiger partial charge >= 0.3 is 0 Å². The first-order chi connectivity index (χ1) is 18.0. The lowest BCUT2D eigenvalue weighted by atomic mass is 10.1. The summed E-state index contributed by atoms with van der Waals surface area (Å²) < 4.78 is 2.00. The molecule has 0 saturated heterocycles. The van der Waals surface area contributed by atoms with Crippen LogP contribution in [0.2, 0.25) is 0 Å². The summed E-state index contributed by atoms with van der Waals surface area (Å²) in [5.41, 5.74) is 5.71. The van der Waals surface area contributed by atoms with Crippen molar-refractivity contribution in [3.05, 3.63) is 83.9 Å². The molecule has 1 aliphatic rings. The van der Waals surface area contributed by atoms with Gasteiger partial charge in [-0.1, -0.05) is 79.2 Å². The Morgan fingerprint density at radius 1 is 1.00 bits per heavy atom. The monoisotopic (exact) mass is 511 g/mol. The molecule has 1 aliphatic heterocycles. The molecule has 0 spiro atoms. The summed E-state index contributed by atoms with van der Waals surface area (Å²) in [5, 5.41) is 12.4. The molecular formula is C29H29N5O2S. The van der Waals surface area contributed by atoms with Crippen LogP contribution in [0.3, 0.4) is 0 Å². The zero-order valence-electron chi connectivity index (χ0n) is 21.0. The molecule has 37 heavy (non-hydrogen) atoms. The van der Waals surface area contributed by atoms with E-state index in [1.165, 1.54) is 27.8 Å². The normalized spacial score (nSPS) is 12.8. The third-order valence-corrected chi connectivity index (χ3v) is 7.27. The minimum absolute atomic E-state index is 0.00304. The number of nitrogens with one attached hydrogen (secondary N) is 1. The minimum atomic E-state index is -0.204.